The average Bonchev–Trinajstić information content (AvgIpc) is 2.39. The van der Waals surface area contributed by atoms with Gasteiger partial charge in [0.05, 0.1) is 12.2 Å². The summed E-state index contributed by atoms with van der Waals surface area (Å²) in [4.78, 5) is 2.49. The van der Waals surface area contributed by atoms with E-state index in [0.29, 0.717) is 12.2 Å². The van der Waals surface area contributed by atoms with Gasteiger partial charge in [0.15, 0.2) is 0 Å². The number of hydrogen-bond acceptors (Lipinski definition) is 2. The van der Waals surface area contributed by atoms with Crippen molar-refractivity contribution in [2.24, 2.45) is 0 Å². The van der Waals surface area contributed by atoms with Crippen LogP contribution in [0.4, 0.5) is 0 Å². The number of halogens is 1. The van der Waals surface area contributed by atoms with Crippen LogP contribution >= 0.6 is 15.9 Å². The Morgan fingerprint density at radius 3 is 2.50 bits per heavy atom. The average molecular weight is 312 g/mol. The molecule has 1 fully saturated rings. The second-order valence-electron chi connectivity index (χ2n) is 5.09. The van der Waals surface area contributed by atoms with Gasteiger partial charge in [0.1, 0.15) is 0 Å². The quantitative estimate of drug-likeness (QED) is 0.792. The predicted octanol–water partition coefficient (Wildman–Crippen LogP) is 3.23. The first-order valence-corrected chi connectivity index (χ1v) is 7.85. The molecule has 3 heteroatoms. The summed E-state index contributed by atoms with van der Waals surface area (Å²) in [7, 11) is 0. The highest BCUT2D eigenvalue weighted by Crippen LogP contribution is 2.16. The normalized spacial score (nSPS) is 25.3. The minimum Gasteiger partial charge on any atom is -0.372 e. The zero-order valence-electron chi connectivity index (χ0n) is 11.2. The first kappa shape index (κ1) is 14.0. The van der Waals surface area contributed by atoms with Gasteiger partial charge in [0.2, 0.25) is 0 Å². The molecular formula is C15H22BrNO. The largest absolute Gasteiger partial charge is 0.372 e. The lowest BCUT2D eigenvalue weighted by Gasteiger charge is -2.36. The molecule has 0 N–H and O–H groups in total. The van der Waals surface area contributed by atoms with E-state index in [1.54, 1.807) is 0 Å². The van der Waals surface area contributed by atoms with Crippen molar-refractivity contribution in [2.75, 3.05) is 18.4 Å². The molecule has 1 aliphatic rings. The van der Waals surface area contributed by atoms with Crippen molar-refractivity contribution >= 4 is 15.9 Å². The zero-order valence-corrected chi connectivity index (χ0v) is 12.8. The van der Waals surface area contributed by atoms with E-state index in [1.165, 1.54) is 11.1 Å². The van der Waals surface area contributed by atoms with Crippen molar-refractivity contribution in [3.05, 3.63) is 35.4 Å². The minimum atomic E-state index is 0.323. The first-order valence-electron chi connectivity index (χ1n) is 6.73. The topological polar surface area (TPSA) is 12.5 Å². The molecule has 2 atom stereocenters. The summed E-state index contributed by atoms with van der Waals surface area (Å²) in [5, 5.41) is 0.919. The van der Waals surface area contributed by atoms with E-state index in [2.05, 4.69) is 58.9 Å². The van der Waals surface area contributed by atoms with Gasteiger partial charge in [-0.1, -0.05) is 47.1 Å². The van der Waals surface area contributed by atoms with Crippen LogP contribution in [0.3, 0.4) is 0 Å². The van der Waals surface area contributed by atoms with Gasteiger partial charge < -0.3 is 4.74 Å². The summed E-state index contributed by atoms with van der Waals surface area (Å²) in [6.45, 7) is 7.42. The van der Waals surface area contributed by atoms with Crippen molar-refractivity contribution in [1.29, 1.82) is 0 Å². The molecule has 0 radical (unpaired) electrons. The smallest absolute Gasteiger partial charge is 0.0802 e. The van der Waals surface area contributed by atoms with Crippen LogP contribution in [0.25, 0.3) is 0 Å². The van der Waals surface area contributed by atoms with Crippen molar-refractivity contribution in [3.8, 4) is 0 Å². The standard InChI is InChI=1S/C15H22BrNO/c1-3-13-4-6-14(7-5-13)10-17-9-12(2)18-15(8-16)11-17/h4-7,12,15H,3,8-11H2,1-2H3. The van der Waals surface area contributed by atoms with Crippen LogP contribution in [0.15, 0.2) is 24.3 Å². The summed E-state index contributed by atoms with van der Waals surface area (Å²) in [6, 6.07) is 8.98. The maximum atomic E-state index is 5.85. The zero-order chi connectivity index (χ0) is 13.0. The molecule has 0 spiro atoms. The van der Waals surface area contributed by atoms with E-state index in [-0.39, 0.29) is 0 Å². The Bertz CT molecular complexity index is 365. The molecule has 0 amide bonds. The Labute approximate surface area is 118 Å². The molecule has 1 heterocycles. The molecule has 1 aliphatic heterocycles. The van der Waals surface area contributed by atoms with Crippen LogP contribution in [-0.4, -0.2) is 35.5 Å². The van der Waals surface area contributed by atoms with Gasteiger partial charge in [0, 0.05) is 25.0 Å². The van der Waals surface area contributed by atoms with E-state index in [9.17, 15) is 0 Å². The SMILES string of the molecule is CCc1ccc(CN2CC(C)OC(CBr)C2)cc1. The molecule has 1 aromatic rings. The number of alkyl halides is 1. The summed E-state index contributed by atoms with van der Waals surface area (Å²) in [6.07, 6.45) is 1.76. The summed E-state index contributed by atoms with van der Waals surface area (Å²) in [5.41, 5.74) is 2.81. The number of morpholine rings is 1. The molecule has 18 heavy (non-hydrogen) atoms. The predicted molar refractivity (Wildman–Crippen MR) is 79.2 cm³/mol. The highest BCUT2D eigenvalue weighted by Gasteiger charge is 2.24. The summed E-state index contributed by atoms with van der Waals surface area (Å²) < 4.78 is 5.85. The van der Waals surface area contributed by atoms with Crippen molar-refractivity contribution in [3.63, 3.8) is 0 Å². The molecule has 100 valence electrons. The molecular weight excluding hydrogens is 290 g/mol. The third-order valence-corrected chi connectivity index (χ3v) is 4.13. The summed E-state index contributed by atoms with van der Waals surface area (Å²) >= 11 is 3.52. The number of hydrogen-bond donors (Lipinski definition) is 0. The van der Waals surface area contributed by atoms with Crippen LogP contribution in [-0.2, 0) is 17.7 Å². The molecule has 0 aliphatic carbocycles. The van der Waals surface area contributed by atoms with Crippen LogP contribution in [0.2, 0.25) is 0 Å². The molecule has 0 bridgehead atoms. The molecule has 2 rings (SSSR count). The molecule has 1 saturated heterocycles. The fourth-order valence-electron chi connectivity index (χ4n) is 2.49. The Kier molecular flexibility index (Phi) is 5.22. The highest BCUT2D eigenvalue weighted by molar-refractivity contribution is 9.09. The van der Waals surface area contributed by atoms with E-state index < -0.39 is 0 Å². The highest BCUT2D eigenvalue weighted by atomic mass is 79.9. The van der Waals surface area contributed by atoms with Gasteiger partial charge in [-0.2, -0.15) is 0 Å². The fraction of sp³-hybridized carbons (Fsp3) is 0.600. The number of aryl methyl sites for hydroxylation is 1. The Morgan fingerprint density at radius 1 is 1.22 bits per heavy atom. The third kappa shape index (κ3) is 3.81. The van der Waals surface area contributed by atoms with Crippen LogP contribution in [0.1, 0.15) is 25.0 Å². The van der Waals surface area contributed by atoms with Crippen LogP contribution < -0.4 is 0 Å². The van der Waals surface area contributed by atoms with Crippen molar-refractivity contribution < 1.29 is 4.74 Å². The summed E-state index contributed by atoms with van der Waals surface area (Å²) in [5.74, 6) is 0. The number of benzene rings is 1. The van der Waals surface area contributed by atoms with Crippen LogP contribution in [0, 0.1) is 0 Å². The van der Waals surface area contributed by atoms with Gasteiger partial charge in [-0.3, -0.25) is 4.90 Å². The van der Waals surface area contributed by atoms with Gasteiger partial charge in [-0.05, 0) is 24.5 Å². The fourth-order valence-corrected chi connectivity index (χ4v) is 2.85. The van der Waals surface area contributed by atoms with Crippen molar-refractivity contribution in [2.45, 2.75) is 39.0 Å². The lowest BCUT2D eigenvalue weighted by molar-refractivity contribution is -0.0678. The number of rotatable bonds is 4. The number of nitrogens with zero attached hydrogens (tertiary/aromatic N) is 1. The van der Waals surface area contributed by atoms with Crippen LogP contribution in [0.5, 0.6) is 0 Å². The second-order valence-corrected chi connectivity index (χ2v) is 5.73. The lowest BCUT2D eigenvalue weighted by atomic mass is 10.1. The molecule has 0 saturated carbocycles. The Morgan fingerprint density at radius 2 is 1.89 bits per heavy atom. The number of ether oxygens (including phenoxy) is 1. The molecule has 2 nitrogen and oxygen atoms in total. The maximum absolute atomic E-state index is 5.85. The van der Waals surface area contributed by atoms with Gasteiger partial charge >= 0.3 is 0 Å². The molecule has 2 unspecified atom stereocenters. The van der Waals surface area contributed by atoms with E-state index >= 15 is 0 Å². The molecule has 0 aromatic heterocycles. The Hall–Kier alpha value is -0.380. The minimum absolute atomic E-state index is 0.323. The maximum Gasteiger partial charge on any atom is 0.0802 e. The Balaban J connectivity index is 1.95. The lowest BCUT2D eigenvalue weighted by Crippen LogP contribution is -2.46. The van der Waals surface area contributed by atoms with E-state index in [1.807, 2.05) is 0 Å². The third-order valence-electron chi connectivity index (χ3n) is 3.41. The van der Waals surface area contributed by atoms with Gasteiger partial charge in [0.25, 0.3) is 0 Å². The van der Waals surface area contributed by atoms with Crippen molar-refractivity contribution in [1.82, 2.24) is 4.90 Å². The van der Waals surface area contributed by atoms with E-state index in [0.717, 1.165) is 31.4 Å². The van der Waals surface area contributed by atoms with Gasteiger partial charge in [-0.15, -0.1) is 0 Å². The monoisotopic (exact) mass is 311 g/mol. The van der Waals surface area contributed by atoms with E-state index in [4.69, 9.17) is 4.74 Å². The molecule has 1 aromatic carbocycles. The van der Waals surface area contributed by atoms with Gasteiger partial charge in [-0.25, -0.2) is 0 Å². The first-order chi connectivity index (χ1) is 8.71. The second kappa shape index (κ2) is 6.69.